The molecule has 1 aliphatic carbocycles. The van der Waals surface area contributed by atoms with Crippen molar-refractivity contribution in [2.75, 3.05) is 14.2 Å². The van der Waals surface area contributed by atoms with Gasteiger partial charge in [-0.15, -0.1) is 0 Å². The quantitative estimate of drug-likeness (QED) is 0.390. The lowest BCUT2D eigenvalue weighted by Crippen LogP contribution is -2.29. The van der Waals surface area contributed by atoms with Gasteiger partial charge in [0.2, 0.25) is 0 Å². The number of hydrazone groups is 1. The summed E-state index contributed by atoms with van der Waals surface area (Å²) in [5, 5.41) is 4.28. The number of hydrogen-bond donors (Lipinski definition) is 1. The predicted molar refractivity (Wildman–Crippen MR) is 141 cm³/mol. The van der Waals surface area contributed by atoms with E-state index in [9.17, 15) is 4.79 Å². The molecule has 3 aromatic rings. The Morgan fingerprint density at radius 1 is 0.944 bits per heavy atom. The van der Waals surface area contributed by atoms with Crippen molar-refractivity contribution in [2.45, 2.75) is 44.6 Å². The molecule has 0 radical (unpaired) electrons. The number of methoxy groups -OCH3 is 2. The van der Waals surface area contributed by atoms with E-state index >= 15 is 0 Å². The normalized spacial score (nSPS) is 19.0. The molecule has 1 saturated carbocycles. The first-order valence-electron chi connectivity index (χ1n) is 12.3. The number of ether oxygens (including phenoxy) is 2. The van der Waals surface area contributed by atoms with E-state index in [4.69, 9.17) is 14.5 Å². The molecule has 36 heavy (non-hydrogen) atoms. The van der Waals surface area contributed by atoms with Crippen molar-refractivity contribution < 1.29 is 14.3 Å². The largest absolute Gasteiger partial charge is 0.493 e. The van der Waals surface area contributed by atoms with Gasteiger partial charge in [-0.1, -0.05) is 37.1 Å². The predicted octanol–water partition coefficient (Wildman–Crippen LogP) is 5.13. The van der Waals surface area contributed by atoms with Crippen molar-refractivity contribution in [1.82, 2.24) is 10.4 Å². The van der Waals surface area contributed by atoms with Crippen LogP contribution in [0.4, 0.5) is 0 Å². The van der Waals surface area contributed by atoms with E-state index in [1.807, 2.05) is 19.1 Å². The standard InChI is InChI=1S/C29H30N4O3/c1-18(32-33-29(34)21-12-14-30-15-13-21)19-8-10-20(11-9-19)28-24-17-27(36-3)26(35-2)16-23(24)22-6-4-5-7-25(22)31-28/h8-17,22,25H,4-7H2,1-3H3,(H,33,34)/t22-,25-/m1/s1. The average molecular weight is 483 g/mol. The van der Waals surface area contributed by atoms with E-state index in [2.05, 4.69) is 39.8 Å². The second kappa shape index (κ2) is 10.3. The molecule has 5 rings (SSSR count). The Morgan fingerprint density at radius 3 is 2.36 bits per heavy atom. The molecular weight excluding hydrogens is 452 g/mol. The molecule has 1 fully saturated rings. The number of carbonyl (C=O) groups is 1. The summed E-state index contributed by atoms with van der Waals surface area (Å²) >= 11 is 0. The molecule has 1 amide bonds. The van der Waals surface area contributed by atoms with Crippen LogP contribution in [-0.4, -0.2) is 42.6 Å². The molecular formula is C29H30N4O3. The maximum atomic E-state index is 12.3. The molecule has 2 aromatic carbocycles. The Labute approximate surface area is 211 Å². The van der Waals surface area contributed by atoms with Crippen molar-refractivity contribution in [3.8, 4) is 11.5 Å². The number of rotatable bonds is 6. The molecule has 0 bridgehead atoms. The van der Waals surface area contributed by atoms with E-state index in [1.54, 1.807) is 38.7 Å². The Balaban J connectivity index is 1.43. The van der Waals surface area contributed by atoms with Gasteiger partial charge in [0.05, 0.1) is 31.7 Å². The number of amides is 1. The first-order chi connectivity index (χ1) is 17.6. The van der Waals surface area contributed by atoms with Gasteiger partial charge in [0.25, 0.3) is 5.91 Å². The highest BCUT2D eigenvalue weighted by molar-refractivity contribution is 6.15. The third-order valence-corrected chi connectivity index (χ3v) is 7.08. The van der Waals surface area contributed by atoms with Crippen LogP contribution in [-0.2, 0) is 0 Å². The van der Waals surface area contributed by atoms with Crippen LogP contribution in [0.1, 0.15) is 71.1 Å². The van der Waals surface area contributed by atoms with Crippen molar-refractivity contribution in [3.63, 3.8) is 0 Å². The van der Waals surface area contributed by atoms with E-state index in [1.165, 1.54) is 18.4 Å². The van der Waals surface area contributed by atoms with E-state index in [0.717, 1.165) is 41.0 Å². The van der Waals surface area contributed by atoms with Crippen LogP contribution in [0.25, 0.3) is 0 Å². The number of aromatic nitrogens is 1. The zero-order chi connectivity index (χ0) is 25.1. The third kappa shape index (κ3) is 4.61. The van der Waals surface area contributed by atoms with Gasteiger partial charge in [-0.25, -0.2) is 5.43 Å². The number of nitrogens with one attached hydrogen (secondary N) is 1. The second-order valence-electron chi connectivity index (χ2n) is 9.18. The SMILES string of the molecule is COc1cc2c(cc1OC)[C@H]1CCCC[C@H]1N=C2c1ccc(C(C)=NNC(=O)c2ccncc2)cc1. The van der Waals surface area contributed by atoms with Crippen molar-refractivity contribution >= 4 is 17.3 Å². The summed E-state index contributed by atoms with van der Waals surface area (Å²) in [6.07, 6.45) is 7.84. The van der Waals surface area contributed by atoms with Gasteiger partial charge in [0.15, 0.2) is 11.5 Å². The number of aliphatic imine (C=N–C) groups is 1. The number of hydrogen-bond acceptors (Lipinski definition) is 6. The summed E-state index contributed by atoms with van der Waals surface area (Å²) in [5.41, 5.74) is 9.21. The molecule has 0 spiro atoms. The van der Waals surface area contributed by atoms with Crippen LogP contribution >= 0.6 is 0 Å². The number of benzene rings is 2. The molecule has 2 heterocycles. The van der Waals surface area contributed by atoms with Crippen LogP contribution in [0, 0.1) is 0 Å². The van der Waals surface area contributed by atoms with Gasteiger partial charge in [-0.2, -0.15) is 5.10 Å². The fourth-order valence-electron chi connectivity index (χ4n) is 5.14. The minimum atomic E-state index is -0.270. The van der Waals surface area contributed by atoms with Crippen LogP contribution < -0.4 is 14.9 Å². The minimum absolute atomic E-state index is 0.270. The highest BCUT2D eigenvalue weighted by atomic mass is 16.5. The number of carbonyl (C=O) groups excluding carboxylic acids is 1. The molecule has 0 unspecified atom stereocenters. The summed E-state index contributed by atoms with van der Waals surface area (Å²) in [5.74, 6) is 1.61. The molecule has 1 N–H and O–H groups in total. The Hall–Kier alpha value is -4.00. The molecule has 1 aliphatic heterocycles. The Kier molecular flexibility index (Phi) is 6.80. The lowest BCUT2D eigenvalue weighted by Gasteiger charge is -2.35. The third-order valence-electron chi connectivity index (χ3n) is 7.08. The van der Waals surface area contributed by atoms with Crippen LogP contribution in [0.15, 0.2) is 71.0 Å². The van der Waals surface area contributed by atoms with Crippen LogP contribution in [0.3, 0.4) is 0 Å². The molecule has 184 valence electrons. The van der Waals surface area contributed by atoms with E-state index in [-0.39, 0.29) is 11.9 Å². The fourth-order valence-corrected chi connectivity index (χ4v) is 5.14. The lowest BCUT2D eigenvalue weighted by molar-refractivity contribution is 0.0954. The molecule has 7 nitrogen and oxygen atoms in total. The number of nitrogens with zero attached hydrogens (tertiary/aromatic N) is 3. The van der Waals surface area contributed by atoms with E-state index in [0.29, 0.717) is 22.9 Å². The first-order valence-corrected chi connectivity index (χ1v) is 12.3. The lowest BCUT2D eigenvalue weighted by atomic mass is 9.75. The van der Waals surface area contributed by atoms with Gasteiger partial charge in [-0.05, 0) is 55.2 Å². The molecule has 1 aromatic heterocycles. The summed E-state index contributed by atoms with van der Waals surface area (Å²) < 4.78 is 11.2. The van der Waals surface area contributed by atoms with Gasteiger partial charge >= 0.3 is 0 Å². The van der Waals surface area contributed by atoms with Gasteiger partial charge < -0.3 is 9.47 Å². The topological polar surface area (TPSA) is 85.2 Å². The van der Waals surface area contributed by atoms with Crippen molar-refractivity contribution in [2.24, 2.45) is 10.1 Å². The maximum absolute atomic E-state index is 12.3. The van der Waals surface area contributed by atoms with Crippen molar-refractivity contribution in [3.05, 3.63) is 88.7 Å². The fraction of sp³-hybridized carbons (Fsp3) is 0.310. The number of pyridine rings is 1. The number of fused-ring (bicyclic) bond motifs is 3. The summed E-state index contributed by atoms with van der Waals surface area (Å²) in [6, 6.07) is 16.0. The zero-order valence-electron chi connectivity index (χ0n) is 20.8. The second-order valence-corrected chi connectivity index (χ2v) is 9.18. The highest BCUT2D eigenvalue weighted by Crippen LogP contribution is 2.44. The minimum Gasteiger partial charge on any atom is -0.493 e. The van der Waals surface area contributed by atoms with E-state index < -0.39 is 0 Å². The molecule has 2 atom stereocenters. The zero-order valence-corrected chi connectivity index (χ0v) is 20.8. The maximum Gasteiger partial charge on any atom is 0.271 e. The first kappa shape index (κ1) is 23.7. The van der Waals surface area contributed by atoms with Crippen molar-refractivity contribution in [1.29, 1.82) is 0 Å². The summed E-state index contributed by atoms with van der Waals surface area (Å²) in [6.45, 7) is 1.87. The molecule has 2 aliphatic rings. The Morgan fingerprint density at radius 2 is 1.64 bits per heavy atom. The van der Waals surface area contributed by atoms with Gasteiger partial charge in [0, 0.05) is 35.0 Å². The van der Waals surface area contributed by atoms with Gasteiger partial charge in [-0.3, -0.25) is 14.8 Å². The average Bonchev–Trinajstić information content (AvgIpc) is 2.95. The monoisotopic (exact) mass is 482 g/mol. The highest BCUT2D eigenvalue weighted by Gasteiger charge is 2.34. The summed E-state index contributed by atoms with van der Waals surface area (Å²) in [4.78, 5) is 21.5. The van der Waals surface area contributed by atoms with Crippen LogP contribution in [0.2, 0.25) is 0 Å². The molecule has 0 saturated heterocycles. The Bertz CT molecular complexity index is 1320. The smallest absolute Gasteiger partial charge is 0.271 e. The van der Waals surface area contributed by atoms with Crippen LogP contribution in [0.5, 0.6) is 11.5 Å². The molecule has 7 heteroatoms. The van der Waals surface area contributed by atoms with Gasteiger partial charge in [0.1, 0.15) is 0 Å². The summed E-state index contributed by atoms with van der Waals surface area (Å²) in [7, 11) is 3.35.